The first-order valence-corrected chi connectivity index (χ1v) is 10.8. The molecule has 28 heavy (non-hydrogen) atoms. The largest absolute Gasteiger partial charge is 0.369 e. The van der Waals surface area contributed by atoms with Crippen molar-refractivity contribution < 1.29 is 4.79 Å². The molecule has 0 saturated carbocycles. The molecule has 156 valence electrons. The number of carbonyl (C=O) groups is 1. The lowest BCUT2D eigenvalue weighted by molar-refractivity contribution is -0.130. The Labute approximate surface area is 193 Å². The molecule has 2 N–H and O–H groups in total. The van der Waals surface area contributed by atoms with Gasteiger partial charge in [-0.05, 0) is 56.9 Å². The van der Waals surface area contributed by atoms with E-state index in [0.717, 1.165) is 62.4 Å². The zero-order valence-corrected chi connectivity index (χ0v) is 20.4. The fourth-order valence-electron chi connectivity index (χ4n) is 3.67. The lowest BCUT2D eigenvalue weighted by atomic mass is 10.1. The minimum absolute atomic E-state index is 0. The van der Waals surface area contributed by atoms with Gasteiger partial charge in [0.05, 0.1) is 0 Å². The molecule has 2 heterocycles. The van der Waals surface area contributed by atoms with Crippen LogP contribution in [0.4, 0.5) is 5.69 Å². The van der Waals surface area contributed by atoms with E-state index in [-0.39, 0.29) is 36.4 Å². The van der Waals surface area contributed by atoms with E-state index in [1.807, 2.05) is 11.8 Å². The zero-order chi connectivity index (χ0) is 19.1. The van der Waals surface area contributed by atoms with E-state index in [4.69, 9.17) is 0 Å². The summed E-state index contributed by atoms with van der Waals surface area (Å²) >= 11 is 3.49. The van der Waals surface area contributed by atoms with Crippen molar-refractivity contribution in [3.63, 3.8) is 0 Å². The van der Waals surface area contributed by atoms with E-state index in [1.165, 1.54) is 12.1 Å². The van der Waals surface area contributed by atoms with E-state index in [9.17, 15) is 4.79 Å². The Morgan fingerprint density at radius 3 is 2.57 bits per heavy atom. The third kappa shape index (κ3) is 6.79. The first kappa shape index (κ1) is 23.3. The average molecular weight is 564 g/mol. The van der Waals surface area contributed by atoms with Crippen LogP contribution in [0, 0.1) is 0 Å². The summed E-state index contributed by atoms with van der Waals surface area (Å²) < 4.78 is 1.10. The summed E-state index contributed by atoms with van der Waals surface area (Å²) in [4.78, 5) is 21.2. The van der Waals surface area contributed by atoms with Crippen molar-refractivity contribution in [2.75, 3.05) is 44.2 Å². The zero-order valence-electron chi connectivity index (χ0n) is 16.5. The fraction of sp³-hybridized carbons (Fsp3) is 0.600. The Morgan fingerprint density at radius 2 is 1.89 bits per heavy atom. The molecular weight excluding hydrogens is 533 g/mol. The van der Waals surface area contributed by atoms with Crippen LogP contribution in [0.1, 0.15) is 32.6 Å². The standard InChI is InChI=1S/C20H30BrN5O.HI/c1-2-22-20(23-14-19(27)25-11-4-3-5-12-25)24-17-10-13-26(15-17)18-8-6-16(21)7-9-18;/h6-9,17H,2-5,10-15H2,1H3,(H2,22,23,24);1H. The van der Waals surface area contributed by atoms with Crippen LogP contribution in [-0.4, -0.2) is 62.1 Å². The maximum absolute atomic E-state index is 12.4. The molecular formula is C20H31BrIN5O. The molecule has 2 saturated heterocycles. The van der Waals surface area contributed by atoms with Gasteiger partial charge in [-0.25, -0.2) is 4.99 Å². The molecule has 0 bridgehead atoms. The number of nitrogens with one attached hydrogen (secondary N) is 2. The number of rotatable bonds is 5. The van der Waals surface area contributed by atoms with Crippen LogP contribution in [-0.2, 0) is 4.79 Å². The molecule has 6 nitrogen and oxygen atoms in total. The van der Waals surface area contributed by atoms with Crippen molar-refractivity contribution in [3.8, 4) is 0 Å². The summed E-state index contributed by atoms with van der Waals surface area (Å²) in [6, 6.07) is 8.77. The van der Waals surface area contributed by atoms with Crippen LogP contribution in [0.5, 0.6) is 0 Å². The Bertz CT molecular complexity index is 649. The lowest BCUT2D eigenvalue weighted by Crippen LogP contribution is -2.45. The SMILES string of the molecule is CCNC(=NCC(=O)N1CCCCC1)NC1CCN(c2ccc(Br)cc2)C1.I. The molecule has 0 spiro atoms. The molecule has 2 fully saturated rings. The smallest absolute Gasteiger partial charge is 0.244 e. The van der Waals surface area contributed by atoms with Crippen LogP contribution >= 0.6 is 39.9 Å². The number of aliphatic imine (C=N–C) groups is 1. The first-order chi connectivity index (χ1) is 13.2. The molecule has 1 aromatic rings. The molecule has 3 rings (SSSR count). The number of hydrogen-bond donors (Lipinski definition) is 2. The highest BCUT2D eigenvalue weighted by Crippen LogP contribution is 2.22. The van der Waals surface area contributed by atoms with E-state index in [1.54, 1.807) is 0 Å². The van der Waals surface area contributed by atoms with Crippen molar-refractivity contribution in [2.24, 2.45) is 4.99 Å². The Morgan fingerprint density at radius 1 is 1.18 bits per heavy atom. The van der Waals surface area contributed by atoms with E-state index in [0.29, 0.717) is 6.04 Å². The minimum Gasteiger partial charge on any atom is -0.369 e. The third-order valence-electron chi connectivity index (χ3n) is 5.15. The van der Waals surface area contributed by atoms with Gasteiger partial charge in [0.2, 0.25) is 5.91 Å². The van der Waals surface area contributed by atoms with Crippen molar-refractivity contribution in [3.05, 3.63) is 28.7 Å². The summed E-state index contributed by atoms with van der Waals surface area (Å²) in [5, 5.41) is 6.78. The summed E-state index contributed by atoms with van der Waals surface area (Å²) in [5.41, 5.74) is 1.24. The van der Waals surface area contributed by atoms with Gasteiger partial charge < -0.3 is 20.4 Å². The van der Waals surface area contributed by atoms with Crippen LogP contribution in [0.2, 0.25) is 0 Å². The van der Waals surface area contributed by atoms with Gasteiger partial charge in [-0.2, -0.15) is 0 Å². The highest BCUT2D eigenvalue weighted by atomic mass is 127. The number of amides is 1. The minimum atomic E-state index is 0. The first-order valence-electron chi connectivity index (χ1n) is 9.99. The lowest BCUT2D eigenvalue weighted by Gasteiger charge is -2.26. The average Bonchev–Trinajstić information content (AvgIpc) is 3.16. The summed E-state index contributed by atoms with van der Waals surface area (Å²) in [6.07, 6.45) is 4.51. The van der Waals surface area contributed by atoms with Gasteiger partial charge >= 0.3 is 0 Å². The predicted molar refractivity (Wildman–Crippen MR) is 130 cm³/mol. The molecule has 1 aromatic carbocycles. The van der Waals surface area contributed by atoms with Crippen molar-refractivity contribution in [2.45, 2.75) is 38.6 Å². The van der Waals surface area contributed by atoms with Gasteiger partial charge in [-0.3, -0.25) is 4.79 Å². The van der Waals surface area contributed by atoms with E-state index >= 15 is 0 Å². The number of benzene rings is 1. The second-order valence-electron chi connectivity index (χ2n) is 7.19. The number of anilines is 1. The van der Waals surface area contributed by atoms with Crippen molar-refractivity contribution >= 4 is 57.5 Å². The van der Waals surface area contributed by atoms with E-state index < -0.39 is 0 Å². The van der Waals surface area contributed by atoms with Crippen molar-refractivity contribution in [1.29, 1.82) is 0 Å². The number of carbonyl (C=O) groups excluding carboxylic acids is 1. The van der Waals surface area contributed by atoms with Crippen LogP contribution in [0.3, 0.4) is 0 Å². The summed E-state index contributed by atoms with van der Waals surface area (Å²) in [6.45, 7) is 6.77. The van der Waals surface area contributed by atoms with Crippen molar-refractivity contribution in [1.82, 2.24) is 15.5 Å². The molecule has 1 atom stereocenters. The third-order valence-corrected chi connectivity index (χ3v) is 5.67. The number of piperidine rings is 1. The van der Waals surface area contributed by atoms with Crippen LogP contribution in [0.25, 0.3) is 0 Å². The predicted octanol–water partition coefficient (Wildman–Crippen LogP) is 3.21. The Hall–Kier alpha value is -1.03. The molecule has 0 radical (unpaired) electrons. The van der Waals surface area contributed by atoms with Gasteiger partial charge in [0, 0.05) is 48.9 Å². The molecule has 2 aliphatic rings. The molecule has 0 aliphatic carbocycles. The van der Waals surface area contributed by atoms with Gasteiger partial charge in [0.15, 0.2) is 5.96 Å². The number of hydrogen-bond acceptors (Lipinski definition) is 3. The maximum Gasteiger partial charge on any atom is 0.244 e. The molecule has 2 aliphatic heterocycles. The monoisotopic (exact) mass is 563 g/mol. The number of likely N-dealkylation sites (tertiary alicyclic amines) is 1. The second-order valence-corrected chi connectivity index (χ2v) is 8.10. The van der Waals surface area contributed by atoms with Crippen LogP contribution < -0.4 is 15.5 Å². The number of halogens is 2. The number of guanidine groups is 1. The Balaban J connectivity index is 0.00000280. The highest BCUT2D eigenvalue weighted by molar-refractivity contribution is 14.0. The molecule has 8 heteroatoms. The van der Waals surface area contributed by atoms with Gasteiger partial charge in [-0.1, -0.05) is 15.9 Å². The second kappa shape index (κ2) is 11.8. The maximum atomic E-state index is 12.4. The molecule has 1 amide bonds. The van der Waals surface area contributed by atoms with Gasteiger partial charge in [0.1, 0.15) is 6.54 Å². The fourth-order valence-corrected chi connectivity index (χ4v) is 3.93. The Kier molecular flexibility index (Phi) is 9.84. The number of nitrogens with zero attached hydrogens (tertiary/aromatic N) is 3. The highest BCUT2D eigenvalue weighted by Gasteiger charge is 2.23. The molecule has 1 unspecified atom stereocenters. The normalized spacial score (nSPS) is 19.9. The summed E-state index contributed by atoms with van der Waals surface area (Å²) in [7, 11) is 0. The van der Waals surface area contributed by atoms with E-state index in [2.05, 4.69) is 60.7 Å². The van der Waals surface area contributed by atoms with Crippen LogP contribution in [0.15, 0.2) is 33.7 Å². The quantitative estimate of drug-likeness (QED) is 0.328. The van der Waals surface area contributed by atoms with Gasteiger partial charge in [-0.15, -0.1) is 24.0 Å². The summed E-state index contributed by atoms with van der Waals surface area (Å²) in [5.74, 6) is 0.875. The topological polar surface area (TPSA) is 60.0 Å². The van der Waals surface area contributed by atoms with Gasteiger partial charge in [0.25, 0.3) is 0 Å². The molecule has 0 aromatic heterocycles.